The van der Waals surface area contributed by atoms with Gasteiger partial charge in [-0.1, -0.05) is 22.5 Å². The van der Waals surface area contributed by atoms with E-state index < -0.39 is 0 Å². The molecule has 0 aromatic carbocycles. The van der Waals surface area contributed by atoms with E-state index in [0.29, 0.717) is 0 Å². The van der Waals surface area contributed by atoms with Gasteiger partial charge in [0.25, 0.3) is 0 Å². The molecule has 1 aliphatic heterocycles. The van der Waals surface area contributed by atoms with Crippen molar-refractivity contribution in [1.29, 1.82) is 0 Å². The molecule has 0 bridgehead atoms. The van der Waals surface area contributed by atoms with Gasteiger partial charge in [-0.2, -0.15) is 0 Å². The number of hydrogen-bond acceptors (Lipinski definition) is 1. The first-order valence-electron chi connectivity index (χ1n) is 3.33. The summed E-state index contributed by atoms with van der Waals surface area (Å²) in [4.78, 5) is 13.0. The SMILES string of the molecule is C=CC(=O)N1CCCC1Br. The first kappa shape index (κ1) is 7.79. The smallest absolute Gasteiger partial charge is 0.246 e. The van der Waals surface area contributed by atoms with Crippen LogP contribution in [0.4, 0.5) is 0 Å². The van der Waals surface area contributed by atoms with Gasteiger partial charge in [0.2, 0.25) is 5.91 Å². The number of carbonyl (C=O) groups is 1. The van der Waals surface area contributed by atoms with Crippen molar-refractivity contribution in [3.63, 3.8) is 0 Å². The van der Waals surface area contributed by atoms with E-state index in [1.807, 2.05) is 0 Å². The third kappa shape index (κ3) is 1.40. The van der Waals surface area contributed by atoms with Crippen molar-refractivity contribution in [3.05, 3.63) is 12.7 Å². The highest BCUT2D eigenvalue weighted by Crippen LogP contribution is 2.21. The summed E-state index contributed by atoms with van der Waals surface area (Å²) in [6, 6.07) is 0. The van der Waals surface area contributed by atoms with Crippen LogP contribution in [0.5, 0.6) is 0 Å². The predicted octanol–water partition coefficient (Wildman–Crippen LogP) is 1.52. The van der Waals surface area contributed by atoms with Crippen LogP contribution in [0.3, 0.4) is 0 Å². The maximum Gasteiger partial charge on any atom is 0.246 e. The molecule has 0 spiro atoms. The van der Waals surface area contributed by atoms with Gasteiger partial charge in [0, 0.05) is 6.54 Å². The Morgan fingerprint density at radius 3 is 2.90 bits per heavy atom. The summed E-state index contributed by atoms with van der Waals surface area (Å²) in [5.74, 6) is 0.0272. The highest BCUT2D eigenvalue weighted by Gasteiger charge is 2.23. The Kier molecular flexibility index (Phi) is 2.49. The number of alkyl halides is 1. The van der Waals surface area contributed by atoms with Gasteiger partial charge >= 0.3 is 0 Å². The van der Waals surface area contributed by atoms with Crippen LogP contribution in [0.2, 0.25) is 0 Å². The quantitative estimate of drug-likeness (QED) is 0.360. The Bertz CT molecular complexity index is 158. The lowest BCUT2D eigenvalue weighted by Crippen LogP contribution is -2.30. The molecule has 1 amide bonds. The first-order chi connectivity index (χ1) is 4.75. The van der Waals surface area contributed by atoms with Gasteiger partial charge in [0.15, 0.2) is 0 Å². The molecule has 0 radical (unpaired) electrons. The van der Waals surface area contributed by atoms with Crippen LogP contribution in [-0.4, -0.2) is 22.3 Å². The van der Waals surface area contributed by atoms with Crippen molar-refractivity contribution in [2.45, 2.75) is 17.8 Å². The van der Waals surface area contributed by atoms with Gasteiger partial charge in [0.05, 0.1) is 4.95 Å². The highest BCUT2D eigenvalue weighted by molar-refractivity contribution is 9.09. The van der Waals surface area contributed by atoms with Crippen molar-refractivity contribution in [3.8, 4) is 0 Å². The first-order valence-corrected chi connectivity index (χ1v) is 4.24. The summed E-state index contributed by atoms with van der Waals surface area (Å²) in [6.45, 7) is 4.29. The standard InChI is InChI=1S/C7H10BrNO/c1-2-7(10)9-5-3-4-6(9)8/h2,6H,1,3-5H2. The molecule has 56 valence electrons. The second-order valence-corrected chi connectivity index (χ2v) is 3.37. The molecule has 1 atom stereocenters. The zero-order valence-electron chi connectivity index (χ0n) is 5.72. The Balaban J connectivity index is 2.54. The topological polar surface area (TPSA) is 20.3 Å². The number of hydrogen-bond donors (Lipinski definition) is 0. The van der Waals surface area contributed by atoms with Gasteiger partial charge in [-0.3, -0.25) is 4.79 Å². The average Bonchev–Trinajstić information content (AvgIpc) is 2.34. The minimum absolute atomic E-state index is 0.0272. The Labute approximate surface area is 69.0 Å². The van der Waals surface area contributed by atoms with Gasteiger partial charge < -0.3 is 4.90 Å². The van der Waals surface area contributed by atoms with Gasteiger partial charge in [0.1, 0.15) is 0 Å². The van der Waals surface area contributed by atoms with Crippen molar-refractivity contribution in [1.82, 2.24) is 4.90 Å². The fraction of sp³-hybridized carbons (Fsp3) is 0.571. The van der Waals surface area contributed by atoms with Crippen LogP contribution >= 0.6 is 15.9 Å². The molecule has 0 aliphatic carbocycles. The van der Waals surface area contributed by atoms with E-state index >= 15 is 0 Å². The summed E-state index contributed by atoms with van der Waals surface area (Å²) in [5, 5.41) is 0. The van der Waals surface area contributed by atoms with Crippen molar-refractivity contribution >= 4 is 21.8 Å². The fourth-order valence-corrected chi connectivity index (χ4v) is 1.82. The number of halogens is 1. The van der Waals surface area contributed by atoms with Crippen LogP contribution in [0, 0.1) is 0 Å². The molecule has 1 heterocycles. The second kappa shape index (κ2) is 3.19. The lowest BCUT2D eigenvalue weighted by atomic mass is 10.4. The summed E-state index contributed by atoms with van der Waals surface area (Å²) in [7, 11) is 0. The molecule has 1 aliphatic rings. The van der Waals surface area contributed by atoms with Crippen LogP contribution in [0.25, 0.3) is 0 Å². The van der Waals surface area contributed by atoms with E-state index in [9.17, 15) is 4.79 Å². The maximum atomic E-state index is 11.0. The summed E-state index contributed by atoms with van der Waals surface area (Å²) in [5.41, 5.74) is 0. The number of amides is 1. The molecule has 0 N–H and O–H groups in total. The minimum Gasteiger partial charge on any atom is -0.327 e. The molecule has 3 heteroatoms. The number of rotatable bonds is 1. The predicted molar refractivity (Wildman–Crippen MR) is 43.9 cm³/mol. The second-order valence-electron chi connectivity index (χ2n) is 2.31. The lowest BCUT2D eigenvalue weighted by Gasteiger charge is -2.17. The summed E-state index contributed by atoms with van der Waals surface area (Å²) >= 11 is 3.40. The van der Waals surface area contributed by atoms with E-state index in [-0.39, 0.29) is 10.9 Å². The number of likely N-dealkylation sites (tertiary alicyclic amines) is 1. The number of nitrogens with zero attached hydrogens (tertiary/aromatic N) is 1. The Morgan fingerprint density at radius 2 is 2.50 bits per heavy atom. The molecule has 0 aromatic rings. The van der Waals surface area contributed by atoms with E-state index in [1.54, 1.807) is 4.90 Å². The van der Waals surface area contributed by atoms with E-state index in [1.165, 1.54) is 6.08 Å². The largest absolute Gasteiger partial charge is 0.327 e. The fourth-order valence-electron chi connectivity index (χ4n) is 1.09. The third-order valence-electron chi connectivity index (χ3n) is 1.64. The van der Waals surface area contributed by atoms with Crippen molar-refractivity contribution in [2.24, 2.45) is 0 Å². The van der Waals surface area contributed by atoms with E-state index in [0.717, 1.165) is 19.4 Å². The molecular formula is C7H10BrNO. The zero-order chi connectivity index (χ0) is 7.56. The van der Waals surface area contributed by atoms with E-state index in [4.69, 9.17) is 0 Å². The molecule has 2 nitrogen and oxygen atoms in total. The van der Waals surface area contributed by atoms with Crippen LogP contribution in [-0.2, 0) is 4.79 Å². The van der Waals surface area contributed by atoms with Gasteiger partial charge in [-0.15, -0.1) is 0 Å². The molecule has 0 saturated carbocycles. The molecule has 1 rings (SSSR count). The van der Waals surface area contributed by atoms with E-state index in [2.05, 4.69) is 22.5 Å². The monoisotopic (exact) mass is 203 g/mol. The van der Waals surface area contributed by atoms with Crippen molar-refractivity contribution < 1.29 is 4.79 Å². The molecule has 1 unspecified atom stereocenters. The van der Waals surface area contributed by atoms with Crippen LogP contribution in [0.15, 0.2) is 12.7 Å². The molecule has 1 fully saturated rings. The molecular weight excluding hydrogens is 194 g/mol. The molecule has 0 aromatic heterocycles. The summed E-state index contributed by atoms with van der Waals surface area (Å²) in [6.07, 6.45) is 3.51. The maximum absolute atomic E-state index is 11.0. The third-order valence-corrected chi connectivity index (χ3v) is 2.59. The van der Waals surface area contributed by atoms with Gasteiger partial charge in [-0.25, -0.2) is 0 Å². The Hall–Kier alpha value is -0.310. The highest BCUT2D eigenvalue weighted by atomic mass is 79.9. The Morgan fingerprint density at radius 1 is 1.80 bits per heavy atom. The van der Waals surface area contributed by atoms with Crippen LogP contribution < -0.4 is 0 Å². The van der Waals surface area contributed by atoms with Gasteiger partial charge in [-0.05, 0) is 18.9 Å². The summed E-state index contributed by atoms with van der Waals surface area (Å²) < 4.78 is 0. The average molecular weight is 204 g/mol. The zero-order valence-corrected chi connectivity index (χ0v) is 7.30. The molecule has 1 saturated heterocycles. The minimum atomic E-state index is 0.0272. The lowest BCUT2D eigenvalue weighted by molar-refractivity contribution is -0.125. The number of carbonyl (C=O) groups excluding carboxylic acids is 1. The van der Waals surface area contributed by atoms with Crippen LogP contribution in [0.1, 0.15) is 12.8 Å². The van der Waals surface area contributed by atoms with Crippen molar-refractivity contribution in [2.75, 3.05) is 6.54 Å². The normalized spacial score (nSPS) is 24.9. The molecule has 10 heavy (non-hydrogen) atoms.